The standard InChI is InChI=1S/C27H38N2O4/c1-21(2)20-33-27(22-8-6-5-7-9-22)19-29-16-14-28(15-17-29)13-12-25(30)24-11-10-23(31-3)18-26(24)32-4/h5-11,18,21,27H,12-17,19-20H2,1-4H3. The molecule has 1 fully saturated rings. The van der Waals surface area contributed by atoms with Gasteiger partial charge in [-0.05, 0) is 23.6 Å². The summed E-state index contributed by atoms with van der Waals surface area (Å²) in [4.78, 5) is 17.6. The van der Waals surface area contributed by atoms with Crippen LogP contribution in [0, 0.1) is 5.92 Å². The first kappa shape index (κ1) is 25.2. The molecule has 0 aliphatic carbocycles. The average Bonchev–Trinajstić information content (AvgIpc) is 2.85. The Morgan fingerprint density at radius 3 is 2.27 bits per heavy atom. The third-order valence-corrected chi connectivity index (χ3v) is 6.06. The van der Waals surface area contributed by atoms with Crippen LogP contribution in [0.25, 0.3) is 0 Å². The van der Waals surface area contributed by atoms with Gasteiger partial charge >= 0.3 is 0 Å². The molecule has 6 nitrogen and oxygen atoms in total. The van der Waals surface area contributed by atoms with E-state index in [1.165, 1.54) is 5.56 Å². The molecule has 0 N–H and O–H groups in total. The van der Waals surface area contributed by atoms with Crippen LogP contribution in [0.3, 0.4) is 0 Å². The molecule has 1 saturated heterocycles. The maximum Gasteiger partial charge on any atom is 0.167 e. The fraction of sp³-hybridized carbons (Fsp3) is 0.519. The van der Waals surface area contributed by atoms with Crippen LogP contribution < -0.4 is 9.47 Å². The molecule has 180 valence electrons. The van der Waals surface area contributed by atoms with Crippen LogP contribution in [-0.2, 0) is 4.74 Å². The number of piperazine rings is 1. The lowest BCUT2D eigenvalue weighted by Crippen LogP contribution is -2.48. The van der Waals surface area contributed by atoms with Crippen LogP contribution in [0.2, 0.25) is 0 Å². The zero-order valence-corrected chi connectivity index (χ0v) is 20.5. The molecule has 1 aliphatic rings. The Labute approximate surface area is 198 Å². The molecule has 0 radical (unpaired) electrons. The second kappa shape index (κ2) is 12.7. The molecule has 0 aromatic heterocycles. The number of ketones is 1. The van der Waals surface area contributed by atoms with E-state index in [1.807, 2.05) is 6.07 Å². The summed E-state index contributed by atoms with van der Waals surface area (Å²) < 4.78 is 16.9. The quantitative estimate of drug-likeness (QED) is 0.446. The van der Waals surface area contributed by atoms with Crippen molar-refractivity contribution in [3.63, 3.8) is 0 Å². The minimum absolute atomic E-state index is 0.0873. The number of methoxy groups -OCH3 is 2. The van der Waals surface area contributed by atoms with E-state index in [0.717, 1.165) is 45.9 Å². The molecule has 0 spiro atoms. The zero-order chi connectivity index (χ0) is 23.6. The molecule has 0 amide bonds. The summed E-state index contributed by atoms with van der Waals surface area (Å²) in [5.74, 6) is 1.86. The minimum Gasteiger partial charge on any atom is -0.497 e. The summed E-state index contributed by atoms with van der Waals surface area (Å²) in [6.45, 7) is 10.7. The molecular weight excluding hydrogens is 416 g/mol. The van der Waals surface area contributed by atoms with Crippen LogP contribution >= 0.6 is 0 Å². The predicted octanol–water partition coefficient (Wildman–Crippen LogP) is 4.31. The van der Waals surface area contributed by atoms with Crippen LogP contribution in [0.4, 0.5) is 0 Å². The molecule has 6 heteroatoms. The molecule has 3 rings (SSSR count). The van der Waals surface area contributed by atoms with Crippen LogP contribution in [0.5, 0.6) is 11.5 Å². The Balaban J connectivity index is 1.48. The summed E-state index contributed by atoms with van der Waals surface area (Å²) in [6.07, 6.45) is 0.566. The van der Waals surface area contributed by atoms with Crippen molar-refractivity contribution in [2.24, 2.45) is 5.92 Å². The zero-order valence-electron chi connectivity index (χ0n) is 20.5. The monoisotopic (exact) mass is 454 g/mol. The summed E-state index contributed by atoms with van der Waals surface area (Å²) >= 11 is 0. The third kappa shape index (κ3) is 7.56. The summed E-state index contributed by atoms with van der Waals surface area (Å²) in [5, 5.41) is 0. The second-order valence-corrected chi connectivity index (χ2v) is 9.01. The van der Waals surface area contributed by atoms with E-state index in [9.17, 15) is 4.79 Å². The van der Waals surface area contributed by atoms with E-state index in [0.29, 0.717) is 29.4 Å². The SMILES string of the molecule is COc1ccc(C(=O)CCN2CCN(CC(OCC(C)C)c3ccccc3)CC2)c(OC)c1. The highest BCUT2D eigenvalue weighted by molar-refractivity contribution is 5.99. The van der Waals surface area contributed by atoms with Crippen LogP contribution in [-0.4, -0.2) is 75.7 Å². The van der Waals surface area contributed by atoms with Gasteiger partial charge < -0.3 is 19.1 Å². The van der Waals surface area contributed by atoms with E-state index in [4.69, 9.17) is 14.2 Å². The van der Waals surface area contributed by atoms with Gasteiger partial charge in [0.2, 0.25) is 0 Å². The van der Waals surface area contributed by atoms with E-state index >= 15 is 0 Å². The number of nitrogens with zero attached hydrogens (tertiary/aromatic N) is 2. The maximum atomic E-state index is 12.8. The molecule has 2 aromatic rings. The van der Waals surface area contributed by atoms with Gasteiger partial charge in [0.15, 0.2) is 5.78 Å². The number of hydrogen-bond acceptors (Lipinski definition) is 6. The van der Waals surface area contributed by atoms with Crippen molar-refractivity contribution in [2.75, 3.05) is 60.1 Å². The molecule has 0 bridgehead atoms. The van der Waals surface area contributed by atoms with Crippen molar-refractivity contribution in [1.82, 2.24) is 9.80 Å². The highest BCUT2D eigenvalue weighted by Gasteiger charge is 2.23. The van der Waals surface area contributed by atoms with Crippen molar-refractivity contribution >= 4 is 5.78 Å². The molecule has 1 unspecified atom stereocenters. The first-order chi connectivity index (χ1) is 16.0. The smallest absolute Gasteiger partial charge is 0.167 e. The summed E-state index contributed by atoms with van der Waals surface area (Å²) in [6, 6.07) is 15.9. The van der Waals surface area contributed by atoms with Gasteiger partial charge in [-0.3, -0.25) is 9.69 Å². The van der Waals surface area contributed by atoms with Crippen LogP contribution in [0.1, 0.15) is 42.3 Å². The van der Waals surface area contributed by atoms with Gasteiger partial charge in [0.1, 0.15) is 11.5 Å². The summed E-state index contributed by atoms with van der Waals surface area (Å²) in [5.41, 5.74) is 1.85. The number of Topliss-reactive ketones (excluding diaryl/α,β-unsaturated/α-hetero) is 1. The van der Waals surface area contributed by atoms with Gasteiger partial charge in [0.05, 0.1) is 25.9 Å². The van der Waals surface area contributed by atoms with Gasteiger partial charge in [-0.15, -0.1) is 0 Å². The Kier molecular flexibility index (Phi) is 9.73. The lowest BCUT2D eigenvalue weighted by Gasteiger charge is -2.36. The van der Waals surface area contributed by atoms with Gasteiger partial charge in [-0.1, -0.05) is 44.2 Å². The van der Waals surface area contributed by atoms with Crippen molar-refractivity contribution in [2.45, 2.75) is 26.4 Å². The molecule has 1 heterocycles. The number of benzene rings is 2. The maximum absolute atomic E-state index is 12.8. The molecule has 33 heavy (non-hydrogen) atoms. The third-order valence-electron chi connectivity index (χ3n) is 6.06. The first-order valence-electron chi connectivity index (χ1n) is 11.9. The summed E-state index contributed by atoms with van der Waals surface area (Å²) in [7, 11) is 3.19. The number of ether oxygens (including phenoxy) is 3. The Morgan fingerprint density at radius 1 is 0.939 bits per heavy atom. The number of carbonyl (C=O) groups excluding carboxylic acids is 1. The van der Waals surface area contributed by atoms with Gasteiger partial charge in [0.25, 0.3) is 0 Å². The highest BCUT2D eigenvalue weighted by atomic mass is 16.5. The fourth-order valence-corrected chi connectivity index (χ4v) is 4.08. The lowest BCUT2D eigenvalue weighted by molar-refractivity contribution is 0.000653. The van der Waals surface area contributed by atoms with Crippen molar-refractivity contribution in [3.8, 4) is 11.5 Å². The molecule has 2 aromatic carbocycles. The van der Waals surface area contributed by atoms with E-state index in [-0.39, 0.29) is 11.9 Å². The first-order valence-corrected chi connectivity index (χ1v) is 11.9. The lowest BCUT2D eigenvalue weighted by atomic mass is 10.1. The normalized spacial score (nSPS) is 16.0. The van der Waals surface area contributed by atoms with E-state index < -0.39 is 0 Å². The topological polar surface area (TPSA) is 51.2 Å². The molecule has 1 aliphatic heterocycles. The van der Waals surface area contributed by atoms with Crippen molar-refractivity contribution in [1.29, 1.82) is 0 Å². The molecule has 0 saturated carbocycles. The van der Waals surface area contributed by atoms with Crippen LogP contribution in [0.15, 0.2) is 48.5 Å². The Bertz CT molecular complexity index is 864. The largest absolute Gasteiger partial charge is 0.497 e. The minimum atomic E-state index is 0.0873. The molecular formula is C27H38N2O4. The highest BCUT2D eigenvalue weighted by Crippen LogP contribution is 2.26. The van der Waals surface area contributed by atoms with Crippen molar-refractivity contribution in [3.05, 3.63) is 59.7 Å². The number of hydrogen-bond donors (Lipinski definition) is 0. The predicted molar refractivity (Wildman–Crippen MR) is 131 cm³/mol. The van der Waals surface area contributed by atoms with Gasteiger partial charge in [-0.2, -0.15) is 0 Å². The number of carbonyl (C=O) groups is 1. The molecule has 1 atom stereocenters. The van der Waals surface area contributed by atoms with E-state index in [1.54, 1.807) is 32.4 Å². The number of rotatable bonds is 12. The van der Waals surface area contributed by atoms with Gasteiger partial charge in [0, 0.05) is 58.4 Å². The fourth-order valence-electron chi connectivity index (χ4n) is 4.08. The van der Waals surface area contributed by atoms with E-state index in [2.05, 4.69) is 47.9 Å². The average molecular weight is 455 g/mol. The Hall–Kier alpha value is -2.41. The Morgan fingerprint density at radius 2 is 1.64 bits per heavy atom. The second-order valence-electron chi connectivity index (χ2n) is 9.01. The van der Waals surface area contributed by atoms with Crippen molar-refractivity contribution < 1.29 is 19.0 Å². The van der Waals surface area contributed by atoms with Gasteiger partial charge in [-0.25, -0.2) is 0 Å².